The van der Waals surface area contributed by atoms with Gasteiger partial charge in [0.1, 0.15) is 5.15 Å². The third-order valence-electron chi connectivity index (χ3n) is 3.70. The summed E-state index contributed by atoms with van der Waals surface area (Å²) in [6, 6.07) is 10.1. The summed E-state index contributed by atoms with van der Waals surface area (Å²) in [4.78, 5) is 16.4. The molecule has 1 aromatic heterocycles. The smallest absolute Gasteiger partial charge is 0.228 e. The van der Waals surface area contributed by atoms with Crippen molar-refractivity contribution in [1.82, 2.24) is 4.98 Å². The van der Waals surface area contributed by atoms with Gasteiger partial charge in [-0.2, -0.15) is 0 Å². The first-order valence-corrected chi connectivity index (χ1v) is 7.01. The Morgan fingerprint density at radius 2 is 1.95 bits per heavy atom. The molecule has 0 saturated carbocycles. The molecule has 3 nitrogen and oxygen atoms in total. The van der Waals surface area contributed by atoms with Gasteiger partial charge in [0, 0.05) is 5.92 Å². The Hall–Kier alpha value is -1.87. The molecule has 1 aliphatic rings. The highest BCUT2D eigenvalue weighted by Gasteiger charge is 2.27. The van der Waals surface area contributed by atoms with Crippen molar-refractivity contribution in [3.05, 3.63) is 58.4 Å². The van der Waals surface area contributed by atoms with Gasteiger partial charge in [0.2, 0.25) is 5.91 Å². The summed E-state index contributed by atoms with van der Waals surface area (Å²) in [5, 5.41) is 3.40. The zero-order valence-corrected chi connectivity index (χ0v) is 11.9. The fourth-order valence-electron chi connectivity index (χ4n) is 2.62. The van der Waals surface area contributed by atoms with Crippen LogP contribution in [0.4, 0.5) is 5.69 Å². The molecule has 2 aromatic rings. The minimum Gasteiger partial charge on any atom is -0.324 e. The van der Waals surface area contributed by atoms with Crippen LogP contribution >= 0.6 is 11.6 Å². The van der Waals surface area contributed by atoms with Gasteiger partial charge in [0.25, 0.3) is 0 Å². The normalized spacial score (nSPS) is 14.1. The van der Waals surface area contributed by atoms with Crippen LogP contribution in [0.2, 0.25) is 5.15 Å². The van der Waals surface area contributed by atoms with E-state index in [1.165, 1.54) is 11.1 Å². The van der Waals surface area contributed by atoms with Gasteiger partial charge in [-0.05, 0) is 42.5 Å². The number of aromatic nitrogens is 1. The van der Waals surface area contributed by atoms with Crippen molar-refractivity contribution in [2.45, 2.75) is 19.8 Å². The third-order valence-corrected chi connectivity index (χ3v) is 4.10. The highest BCUT2D eigenvalue weighted by molar-refractivity contribution is 6.30. The van der Waals surface area contributed by atoms with E-state index < -0.39 is 0 Å². The van der Waals surface area contributed by atoms with Crippen molar-refractivity contribution < 1.29 is 4.79 Å². The number of nitrogens with one attached hydrogen (secondary N) is 1. The molecule has 0 spiro atoms. The number of nitrogens with zero attached hydrogens (tertiary/aromatic N) is 1. The lowest BCUT2D eigenvalue weighted by Crippen LogP contribution is -2.23. The van der Waals surface area contributed by atoms with Crippen LogP contribution in [-0.4, -0.2) is 10.9 Å². The number of aryl methyl sites for hydroxylation is 1. The molecule has 1 amide bonds. The van der Waals surface area contributed by atoms with Crippen LogP contribution in [0.15, 0.2) is 36.5 Å². The molecule has 1 aliphatic carbocycles. The number of amides is 1. The summed E-state index contributed by atoms with van der Waals surface area (Å²) < 4.78 is 0. The van der Waals surface area contributed by atoms with Gasteiger partial charge >= 0.3 is 0 Å². The van der Waals surface area contributed by atoms with Gasteiger partial charge in [-0.3, -0.25) is 4.79 Å². The Balaban J connectivity index is 1.71. The van der Waals surface area contributed by atoms with Gasteiger partial charge in [-0.25, -0.2) is 4.98 Å². The van der Waals surface area contributed by atoms with Crippen LogP contribution < -0.4 is 5.32 Å². The maximum absolute atomic E-state index is 12.3. The lowest BCUT2D eigenvalue weighted by molar-refractivity contribution is -0.119. The number of hydrogen-bond acceptors (Lipinski definition) is 2. The van der Waals surface area contributed by atoms with Crippen molar-refractivity contribution in [2.75, 3.05) is 5.32 Å². The maximum atomic E-state index is 12.3. The molecule has 0 saturated heterocycles. The van der Waals surface area contributed by atoms with Crippen LogP contribution in [0.3, 0.4) is 0 Å². The first kappa shape index (κ1) is 13.1. The second kappa shape index (κ2) is 5.25. The molecular formula is C16H15ClN2O. The molecule has 1 N–H and O–H groups in total. The van der Waals surface area contributed by atoms with Crippen molar-refractivity contribution in [3.8, 4) is 0 Å². The van der Waals surface area contributed by atoms with Gasteiger partial charge in [-0.1, -0.05) is 35.9 Å². The molecule has 3 rings (SSSR count). The van der Waals surface area contributed by atoms with Crippen molar-refractivity contribution in [2.24, 2.45) is 5.92 Å². The summed E-state index contributed by atoms with van der Waals surface area (Å²) >= 11 is 5.88. The maximum Gasteiger partial charge on any atom is 0.228 e. The number of hydrogen-bond donors (Lipinski definition) is 1. The molecule has 0 radical (unpaired) electrons. The number of anilines is 1. The number of pyridine rings is 1. The van der Waals surface area contributed by atoms with E-state index in [0.29, 0.717) is 10.8 Å². The van der Waals surface area contributed by atoms with Crippen LogP contribution in [-0.2, 0) is 17.6 Å². The zero-order valence-electron chi connectivity index (χ0n) is 11.2. The quantitative estimate of drug-likeness (QED) is 0.860. The highest BCUT2D eigenvalue weighted by atomic mass is 35.5. The number of halogens is 1. The van der Waals surface area contributed by atoms with Gasteiger partial charge < -0.3 is 5.32 Å². The third kappa shape index (κ3) is 2.54. The molecule has 0 fully saturated rings. The van der Waals surface area contributed by atoms with Gasteiger partial charge in [-0.15, -0.1) is 0 Å². The van der Waals surface area contributed by atoms with Crippen LogP contribution in [0, 0.1) is 12.8 Å². The first-order chi connectivity index (χ1) is 9.63. The van der Waals surface area contributed by atoms with Crippen molar-refractivity contribution in [3.63, 3.8) is 0 Å². The predicted molar refractivity (Wildman–Crippen MR) is 80.0 cm³/mol. The van der Waals surface area contributed by atoms with E-state index in [1.807, 2.05) is 25.1 Å². The fraction of sp³-hybridized carbons (Fsp3) is 0.250. The van der Waals surface area contributed by atoms with E-state index in [0.717, 1.165) is 18.4 Å². The largest absolute Gasteiger partial charge is 0.324 e. The Kier molecular flexibility index (Phi) is 3.45. The summed E-state index contributed by atoms with van der Waals surface area (Å²) in [5.41, 5.74) is 4.11. The molecule has 0 unspecified atom stereocenters. The van der Waals surface area contributed by atoms with Crippen LogP contribution in [0.25, 0.3) is 0 Å². The van der Waals surface area contributed by atoms with E-state index in [9.17, 15) is 4.79 Å². The molecule has 20 heavy (non-hydrogen) atoms. The lowest BCUT2D eigenvalue weighted by Gasteiger charge is -2.11. The standard InChI is InChI=1S/C16H15ClN2O/c1-10-6-14(9-18-15(10)17)19-16(20)13-7-11-4-2-3-5-12(11)8-13/h2-6,9,13H,7-8H2,1H3,(H,19,20). The topological polar surface area (TPSA) is 42.0 Å². The first-order valence-electron chi connectivity index (χ1n) is 6.63. The Morgan fingerprint density at radius 1 is 1.30 bits per heavy atom. The monoisotopic (exact) mass is 286 g/mol. The van der Waals surface area contributed by atoms with Gasteiger partial charge in [0.15, 0.2) is 0 Å². The average Bonchev–Trinajstić information content (AvgIpc) is 2.87. The molecule has 1 aromatic carbocycles. The average molecular weight is 287 g/mol. The number of benzene rings is 1. The van der Waals surface area contributed by atoms with Crippen LogP contribution in [0.5, 0.6) is 0 Å². The van der Waals surface area contributed by atoms with E-state index in [-0.39, 0.29) is 11.8 Å². The summed E-state index contributed by atoms with van der Waals surface area (Å²) in [6.45, 7) is 1.87. The summed E-state index contributed by atoms with van der Waals surface area (Å²) in [5.74, 6) is 0.0492. The molecule has 0 bridgehead atoms. The Morgan fingerprint density at radius 3 is 2.55 bits per heavy atom. The van der Waals surface area contributed by atoms with E-state index in [4.69, 9.17) is 11.6 Å². The minimum absolute atomic E-state index is 0.00313. The second-order valence-corrected chi connectivity index (χ2v) is 5.55. The number of carbonyl (C=O) groups is 1. The fourth-order valence-corrected chi connectivity index (χ4v) is 2.72. The predicted octanol–water partition coefficient (Wildman–Crippen LogP) is 3.40. The van der Waals surface area contributed by atoms with Crippen molar-refractivity contribution in [1.29, 1.82) is 0 Å². The molecule has 102 valence electrons. The minimum atomic E-state index is 0.00313. The second-order valence-electron chi connectivity index (χ2n) is 5.19. The van der Waals surface area contributed by atoms with Gasteiger partial charge in [0.05, 0.1) is 11.9 Å². The molecule has 0 atom stereocenters. The molecule has 1 heterocycles. The van der Waals surface area contributed by atoms with Crippen LogP contribution in [0.1, 0.15) is 16.7 Å². The molecular weight excluding hydrogens is 272 g/mol. The van der Waals surface area contributed by atoms with E-state index >= 15 is 0 Å². The number of rotatable bonds is 2. The van der Waals surface area contributed by atoms with E-state index in [1.54, 1.807) is 6.20 Å². The lowest BCUT2D eigenvalue weighted by atomic mass is 10.1. The highest BCUT2D eigenvalue weighted by Crippen LogP contribution is 2.27. The Bertz CT molecular complexity index is 644. The zero-order chi connectivity index (χ0) is 14.1. The summed E-state index contributed by atoms with van der Waals surface area (Å²) in [7, 11) is 0. The SMILES string of the molecule is Cc1cc(NC(=O)C2Cc3ccccc3C2)cnc1Cl. The Labute approximate surface area is 123 Å². The number of carbonyl (C=O) groups excluding carboxylic acids is 1. The van der Waals surface area contributed by atoms with Crippen molar-refractivity contribution >= 4 is 23.2 Å². The molecule has 4 heteroatoms. The number of fused-ring (bicyclic) bond motifs is 1. The molecule has 0 aliphatic heterocycles. The van der Waals surface area contributed by atoms with E-state index in [2.05, 4.69) is 22.4 Å². The summed E-state index contributed by atoms with van der Waals surface area (Å²) in [6.07, 6.45) is 3.21.